The number of ether oxygens (including phenoxy) is 1. The minimum Gasteiger partial charge on any atom is -0.480 e. The minimum atomic E-state index is -1.21. The highest BCUT2D eigenvalue weighted by Crippen LogP contribution is 2.21. The summed E-state index contributed by atoms with van der Waals surface area (Å²) in [7, 11) is 0. The number of carboxylic acids is 1. The first-order valence-corrected chi connectivity index (χ1v) is 7.23. The summed E-state index contributed by atoms with van der Waals surface area (Å²) in [6, 6.07) is 5.61. The smallest absolute Gasteiger partial charge is 0.326 e. The van der Waals surface area contributed by atoms with Crippen molar-refractivity contribution in [2.45, 2.75) is 38.3 Å². The zero-order chi connectivity index (χ0) is 16.8. The Kier molecular flexibility index (Phi) is 6.43. The molecule has 120 valence electrons. The van der Waals surface area contributed by atoms with Crippen molar-refractivity contribution in [3.05, 3.63) is 41.9 Å². The molecule has 0 aliphatic carbocycles. The van der Waals surface area contributed by atoms with Gasteiger partial charge in [-0.3, -0.25) is 4.79 Å². The zero-order valence-electron chi connectivity index (χ0n) is 12.6. The molecule has 1 unspecified atom stereocenters. The lowest BCUT2D eigenvalue weighted by atomic mass is 10.1. The summed E-state index contributed by atoms with van der Waals surface area (Å²) in [6.07, 6.45) is 2.38. The average molecular weight is 326 g/mol. The molecule has 1 amide bonds. The fourth-order valence-corrected chi connectivity index (χ4v) is 1.84. The van der Waals surface area contributed by atoms with E-state index in [9.17, 15) is 9.59 Å². The molecule has 1 atom stereocenters. The SMILES string of the molecule is C=CCCC(NC(=O)C(C)(C)Oc1ccc(Cl)cc1)C(=O)O. The number of carboxylic acid groups (broad SMARTS) is 1. The zero-order valence-corrected chi connectivity index (χ0v) is 13.4. The number of amides is 1. The van der Waals surface area contributed by atoms with E-state index in [1.807, 2.05) is 0 Å². The molecule has 0 saturated carbocycles. The Bertz CT molecular complexity index is 540. The van der Waals surface area contributed by atoms with Crippen LogP contribution in [0.15, 0.2) is 36.9 Å². The lowest BCUT2D eigenvalue weighted by molar-refractivity contribution is -0.145. The van der Waals surface area contributed by atoms with Gasteiger partial charge in [-0.1, -0.05) is 17.7 Å². The predicted molar refractivity (Wildman–Crippen MR) is 85.2 cm³/mol. The maximum absolute atomic E-state index is 12.3. The Morgan fingerprint density at radius 2 is 2.00 bits per heavy atom. The van der Waals surface area contributed by atoms with E-state index < -0.39 is 23.5 Å². The summed E-state index contributed by atoms with van der Waals surface area (Å²) in [5.41, 5.74) is -1.21. The Labute approximate surface area is 134 Å². The van der Waals surface area contributed by atoms with Crippen LogP contribution < -0.4 is 10.1 Å². The fraction of sp³-hybridized carbons (Fsp3) is 0.375. The van der Waals surface area contributed by atoms with Gasteiger partial charge in [-0.05, 0) is 51.0 Å². The number of halogens is 1. The molecule has 22 heavy (non-hydrogen) atoms. The Morgan fingerprint density at radius 3 is 2.50 bits per heavy atom. The Morgan fingerprint density at radius 1 is 1.41 bits per heavy atom. The number of nitrogens with one attached hydrogen (secondary N) is 1. The summed E-state index contributed by atoms with van der Waals surface area (Å²) in [6.45, 7) is 6.69. The second kappa shape index (κ2) is 7.84. The van der Waals surface area contributed by atoms with Gasteiger partial charge in [-0.2, -0.15) is 0 Å². The highest BCUT2D eigenvalue weighted by molar-refractivity contribution is 6.30. The molecule has 6 heteroatoms. The molecule has 0 radical (unpaired) electrons. The van der Waals surface area contributed by atoms with Crippen LogP contribution in [-0.4, -0.2) is 28.6 Å². The van der Waals surface area contributed by atoms with Crippen LogP contribution >= 0.6 is 11.6 Å². The van der Waals surface area contributed by atoms with Crippen molar-refractivity contribution in [2.24, 2.45) is 0 Å². The molecular weight excluding hydrogens is 306 g/mol. The van der Waals surface area contributed by atoms with Crippen LogP contribution in [-0.2, 0) is 9.59 Å². The summed E-state index contributed by atoms with van der Waals surface area (Å²) in [4.78, 5) is 23.4. The number of carbonyl (C=O) groups is 2. The van der Waals surface area contributed by atoms with Gasteiger partial charge in [0.05, 0.1) is 0 Å². The first kappa shape index (κ1) is 18.0. The molecule has 0 fully saturated rings. The summed E-state index contributed by atoms with van der Waals surface area (Å²) in [5, 5.41) is 12.2. The third-order valence-corrected chi connectivity index (χ3v) is 3.25. The molecule has 0 bridgehead atoms. The van der Waals surface area contributed by atoms with Crippen molar-refractivity contribution in [1.82, 2.24) is 5.32 Å². The van der Waals surface area contributed by atoms with Crippen molar-refractivity contribution >= 4 is 23.5 Å². The molecule has 0 aliphatic heterocycles. The molecular formula is C16H20ClNO4. The van der Waals surface area contributed by atoms with Crippen molar-refractivity contribution in [3.8, 4) is 5.75 Å². The van der Waals surface area contributed by atoms with E-state index in [4.69, 9.17) is 21.4 Å². The predicted octanol–water partition coefficient (Wildman–Crippen LogP) is 3.03. The number of rotatable bonds is 8. The average Bonchev–Trinajstić information content (AvgIpc) is 2.45. The van der Waals surface area contributed by atoms with Gasteiger partial charge < -0.3 is 15.2 Å². The Hall–Kier alpha value is -2.01. The van der Waals surface area contributed by atoms with Crippen LogP contribution in [0.2, 0.25) is 5.02 Å². The van der Waals surface area contributed by atoms with Gasteiger partial charge in [-0.15, -0.1) is 6.58 Å². The van der Waals surface area contributed by atoms with Gasteiger partial charge >= 0.3 is 5.97 Å². The molecule has 0 heterocycles. The van der Waals surface area contributed by atoms with Crippen molar-refractivity contribution in [2.75, 3.05) is 0 Å². The summed E-state index contributed by atoms with van der Waals surface area (Å²) >= 11 is 5.79. The van der Waals surface area contributed by atoms with Crippen molar-refractivity contribution in [3.63, 3.8) is 0 Å². The quantitative estimate of drug-likeness (QED) is 0.720. The highest BCUT2D eigenvalue weighted by atomic mass is 35.5. The van der Waals surface area contributed by atoms with Crippen molar-refractivity contribution < 1.29 is 19.4 Å². The van der Waals surface area contributed by atoms with E-state index in [2.05, 4.69) is 11.9 Å². The van der Waals surface area contributed by atoms with E-state index in [1.165, 1.54) is 0 Å². The first-order valence-electron chi connectivity index (χ1n) is 6.85. The van der Waals surface area contributed by atoms with Crippen LogP contribution in [0.1, 0.15) is 26.7 Å². The lowest BCUT2D eigenvalue weighted by Crippen LogP contribution is -2.52. The molecule has 1 aromatic rings. The largest absolute Gasteiger partial charge is 0.480 e. The maximum atomic E-state index is 12.3. The van der Waals surface area contributed by atoms with Gasteiger partial charge in [0.25, 0.3) is 5.91 Å². The molecule has 0 spiro atoms. The normalized spacial score (nSPS) is 12.3. The maximum Gasteiger partial charge on any atom is 0.326 e. The Balaban J connectivity index is 2.73. The van der Waals surface area contributed by atoms with E-state index in [1.54, 1.807) is 44.2 Å². The van der Waals surface area contributed by atoms with E-state index >= 15 is 0 Å². The second-order valence-corrected chi connectivity index (χ2v) is 5.73. The van der Waals surface area contributed by atoms with Gasteiger partial charge in [0, 0.05) is 5.02 Å². The van der Waals surface area contributed by atoms with Gasteiger partial charge in [-0.25, -0.2) is 4.79 Å². The number of allylic oxidation sites excluding steroid dienone is 1. The van der Waals surface area contributed by atoms with Crippen LogP contribution in [0.4, 0.5) is 0 Å². The minimum absolute atomic E-state index is 0.279. The number of aliphatic carboxylic acids is 1. The van der Waals surface area contributed by atoms with Crippen LogP contribution in [0.5, 0.6) is 5.75 Å². The molecule has 2 N–H and O–H groups in total. The number of carbonyl (C=O) groups excluding carboxylic acids is 1. The van der Waals surface area contributed by atoms with E-state index in [0.717, 1.165) is 0 Å². The number of benzene rings is 1. The molecule has 1 aromatic carbocycles. The highest BCUT2D eigenvalue weighted by Gasteiger charge is 2.33. The van der Waals surface area contributed by atoms with E-state index in [-0.39, 0.29) is 6.42 Å². The van der Waals surface area contributed by atoms with Gasteiger partial charge in [0.15, 0.2) is 5.60 Å². The molecule has 0 aliphatic rings. The molecule has 0 aromatic heterocycles. The number of hydrogen-bond donors (Lipinski definition) is 2. The summed E-state index contributed by atoms with van der Waals surface area (Å²) in [5.74, 6) is -1.11. The first-order chi connectivity index (χ1) is 10.3. The van der Waals surface area contributed by atoms with E-state index in [0.29, 0.717) is 17.2 Å². The topological polar surface area (TPSA) is 75.6 Å². The van der Waals surface area contributed by atoms with Crippen LogP contribution in [0.3, 0.4) is 0 Å². The lowest BCUT2D eigenvalue weighted by Gasteiger charge is -2.27. The van der Waals surface area contributed by atoms with Crippen LogP contribution in [0, 0.1) is 0 Å². The fourth-order valence-electron chi connectivity index (χ4n) is 1.72. The van der Waals surface area contributed by atoms with Gasteiger partial charge in [0.2, 0.25) is 0 Å². The third-order valence-electron chi connectivity index (χ3n) is 3.00. The molecule has 5 nitrogen and oxygen atoms in total. The van der Waals surface area contributed by atoms with Crippen LogP contribution in [0.25, 0.3) is 0 Å². The monoisotopic (exact) mass is 325 g/mol. The third kappa shape index (κ3) is 5.41. The van der Waals surface area contributed by atoms with Crippen molar-refractivity contribution in [1.29, 1.82) is 0 Å². The van der Waals surface area contributed by atoms with Gasteiger partial charge in [0.1, 0.15) is 11.8 Å². The number of hydrogen-bond acceptors (Lipinski definition) is 3. The molecule has 0 saturated heterocycles. The second-order valence-electron chi connectivity index (χ2n) is 5.30. The standard InChI is InChI=1S/C16H20ClNO4/c1-4-5-6-13(14(19)20)18-15(21)16(2,3)22-12-9-7-11(17)8-10-12/h4,7-10,13H,1,5-6H2,2-3H3,(H,18,21)(H,19,20). The molecule has 1 rings (SSSR count). The summed E-state index contributed by atoms with van der Waals surface area (Å²) < 4.78 is 5.62.